The molecule has 0 bridgehead atoms. The number of halogens is 1. The molecule has 5 nitrogen and oxygen atoms in total. The highest BCUT2D eigenvalue weighted by atomic mass is 35.5. The number of nitrogens with zero attached hydrogens (tertiary/aromatic N) is 2. The van der Waals surface area contributed by atoms with Gasteiger partial charge in [-0.25, -0.2) is 9.78 Å². The van der Waals surface area contributed by atoms with E-state index in [0.717, 1.165) is 12.8 Å². The molecule has 110 valence electrons. The van der Waals surface area contributed by atoms with Gasteiger partial charge in [0, 0.05) is 12.7 Å². The molecule has 0 saturated carbocycles. The summed E-state index contributed by atoms with van der Waals surface area (Å²) in [5.41, 5.74) is -0.493. The third-order valence-corrected chi connectivity index (χ3v) is 3.25. The lowest BCUT2D eigenvalue weighted by atomic mass is 10.2. The Hall–Kier alpha value is -1.49. The Kier molecular flexibility index (Phi) is 4.38. The molecule has 1 atom stereocenters. The largest absolute Gasteiger partial charge is 0.444 e. The van der Waals surface area contributed by atoms with E-state index in [1.54, 1.807) is 23.2 Å². The number of nitrogens with one attached hydrogen (secondary N) is 1. The van der Waals surface area contributed by atoms with Gasteiger partial charge < -0.3 is 10.1 Å². The molecule has 6 heteroatoms. The zero-order chi connectivity index (χ0) is 14.8. The second-order valence-electron chi connectivity index (χ2n) is 5.81. The number of carbonyl (C=O) groups excluding carboxylic acids is 1. The smallest absolute Gasteiger partial charge is 0.411 e. The quantitative estimate of drug-likeness (QED) is 0.907. The fourth-order valence-corrected chi connectivity index (χ4v) is 2.28. The predicted octanol–water partition coefficient (Wildman–Crippen LogP) is 3.50. The molecule has 0 aromatic carbocycles. The Balaban J connectivity index is 2.04. The van der Waals surface area contributed by atoms with E-state index in [9.17, 15) is 4.79 Å². The van der Waals surface area contributed by atoms with Gasteiger partial charge in [0.1, 0.15) is 17.6 Å². The number of aromatic nitrogens is 1. The molecule has 1 aromatic heterocycles. The van der Waals surface area contributed by atoms with Crippen molar-refractivity contribution in [1.29, 1.82) is 0 Å². The molecule has 1 amide bonds. The van der Waals surface area contributed by atoms with E-state index in [2.05, 4.69) is 10.3 Å². The number of rotatable bonds is 2. The monoisotopic (exact) mass is 297 g/mol. The van der Waals surface area contributed by atoms with Crippen LogP contribution >= 0.6 is 11.6 Å². The van der Waals surface area contributed by atoms with Crippen LogP contribution in [0.3, 0.4) is 0 Å². The summed E-state index contributed by atoms with van der Waals surface area (Å²) >= 11 is 6.08. The molecular formula is C14H20ClN3O2. The normalized spacial score (nSPS) is 19.0. The molecule has 0 unspecified atom stereocenters. The fraction of sp³-hybridized carbons (Fsp3) is 0.571. The summed E-state index contributed by atoms with van der Waals surface area (Å²) in [6.07, 6.45) is 3.02. The summed E-state index contributed by atoms with van der Waals surface area (Å²) < 4.78 is 5.41. The highest BCUT2D eigenvalue weighted by molar-refractivity contribution is 6.32. The fourth-order valence-electron chi connectivity index (χ4n) is 2.11. The molecule has 0 aliphatic carbocycles. The molecule has 1 N–H and O–H groups in total. The van der Waals surface area contributed by atoms with E-state index < -0.39 is 5.60 Å². The maximum atomic E-state index is 12.2. The van der Waals surface area contributed by atoms with Gasteiger partial charge in [-0.15, -0.1) is 0 Å². The van der Waals surface area contributed by atoms with E-state index in [4.69, 9.17) is 16.3 Å². The summed E-state index contributed by atoms with van der Waals surface area (Å²) in [6.45, 7) is 6.26. The van der Waals surface area contributed by atoms with Crippen molar-refractivity contribution in [3.63, 3.8) is 0 Å². The standard InChI is InChI=1S/C14H20ClN3O2/c1-14(2,3)20-13(19)18-9-5-7-11(18)17-12-10(15)6-4-8-16-12/h4,6,8,11H,5,7,9H2,1-3H3,(H,16,17)/t11-/m0/s1. The summed E-state index contributed by atoms with van der Waals surface area (Å²) in [5, 5.41) is 3.75. The zero-order valence-corrected chi connectivity index (χ0v) is 12.8. The van der Waals surface area contributed by atoms with Crippen molar-refractivity contribution >= 4 is 23.5 Å². The second-order valence-corrected chi connectivity index (χ2v) is 6.22. The lowest BCUT2D eigenvalue weighted by molar-refractivity contribution is 0.0244. The van der Waals surface area contributed by atoms with Gasteiger partial charge in [0.25, 0.3) is 0 Å². The number of likely N-dealkylation sites (tertiary alicyclic amines) is 1. The molecule has 1 fully saturated rings. The van der Waals surface area contributed by atoms with E-state index in [0.29, 0.717) is 17.4 Å². The molecule has 0 radical (unpaired) electrons. The topological polar surface area (TPSA) is 54.5 Å². The van der Waals surface area contributed by atoms with Crippen molar-refractivity contribution in [1.82, 2.24) is 9.88 Å². The Labute approximate surface area is 124 Å². The molecule has 2 heterocycles. The van der Waals surface area contributed by atoms with E-state index in [1.165, 1.54) is 0 Å². The first-order chi connectivity index (χ1) is 9.37. The summed E-state index contributed by atoms with van der Waals surface area (Å²) in [7, 11) is 0. The van der Waals surface area contributed by atoms with Crippen LogP contribution in [-0.4, -0.2) is 34.3 Å². The first kappa shape index (κ1) is 14.9. The number of pyridine rings is 1. The highest BCUT2D eigenvalue weighted by Gasteiger charge is 2.32. The summed E-state index contributed by atoms with van der Waals surface area (Å²) in [5.74, 6) is 0.592. The van der Waals surface area contributed by atoms with Gasteiger partial charge in [0.05, 0.1) is 5.02 Å². The van der Waals surface area contributed by atoms with Crippen molar-refractivity contribution in [2.45, 2.75) is 45.4 Å². The third kappa shape index (κ3) is 3.76. The minimum Gasteiger partial charge on any atom is -0.444 e. The average Bonchev–Trinajstić information content (AvgIpc) is 2.78. The first-order valence-electron chi connectivity index (χ1n) is 6.73. The van der Waals surface area contributed by atoms with Crippen LogP contribution in [0, 0.1) is 0 Å². The number of hydrogen-bond acceptors (Lipinski definition) is 4. The van der Waals surface area contributed by atoms with Crippen LogP contribution < -0.4 is 5.32 Å². The van der Waals surface area contributed by atoms with Crippen LogP contribution in [0.2, 0.25) is 5.02 Å². The third-order valence-electron chi connectivity index (χ3n) is 2.94. The first-order valence-corrected chi connectivity index (χ1v) is 7.11. The molecule has 1 aliphatic rings. The molecule has 0 spiro atoms. The van der Waals surface area contributed by atoms with Crippen LogP contribution in [-0.2, 0) is 4.74 Å². The van der Waals surface area contributed by atoms with Gasteiger partial charge in [-0.3, -0.25) is 4.90 Å². The molecule has 1 aromatic rings. The Morgan fingerprint density at radius 1 is 1.55 bits per heavy atom. The summed E-state index contributed by atoms with van der Waals surface area (Å²) in [6, 6.07) is 3.54. The van der Waals surface area contributed by atoms with Crippen molar-refractivity contribution in [3.8, 4) is 0 Å². The Bertz CT molecular complexity index is 488. The van der Waals surface area contributed by atoms with Gasteiger partial charge in [-0.1, -0.05) is 11.6 Å². The van der Waals surface area contributed by atoms with E-state index in [-0.39, 0.29) is 12.3 Å². The van der Waals surface area contributed by atoms with Crippen LogP contribution in [0.1, 0.15) is 33.6 Å². The SMILES string of the molecule is CC(C)(C)OC(=O)N1CCC[C@H]1Nc1ncccc1Cl. The van der Waals surface area contributed by atoms with Crippen LogP contribution in [0.5, 0.6) is 0 Å². The van der Waals surface area contributed by atoms with E-state index in [1.807, 2.05) is 20.8 Å². The van der Waals surface area contributed by atoms with Crippen molar-refractivity contribution in [3.05, 3.63) is 23.4 Å². The molecule has 1 aliphatic heterocycles. The number of anilines is 1. The molecule has 1 saturated heterocycles. The number of amides is 1. The molecular weight excluding hydrogens is 278 g/mol. The minimum atomic E-state index is -0.493. The van der Waals surface area contributed by atoms with Crippen LogP contribution in [0.25, 0.3) is 0 Å². The average molecular weight is 298 g/mol. The van der Waals surface area contributed by atoms with Crippen LogP contribution in [0.15, 0.2) is 18.3 Å². The van der Waals surface area contributed by atoms with Gasteiger partial charge in [0.15, 0.2) is 0 Å². The van der Waals surface area contributed by atoms with Gasteiger partial charge in [-0.05, 0) is 45.7 Å². The molecule has 2 rings (SSSR count). The Morgan fingerprint density at radius 3 is 2.95 bits per heavy atom. The van der Waals surface area contributed by atoms with Gasteiger partial charge >= 0.3 is 6.09 Å². The zero-order valence-electron chi connectivity index (χ0n) is 12.0. The number of ether oxygens (including phenoxy) is 1. The highest BCUT2D eigenvalue weighted by Crippen LogP contribution is 2.25. The predicted molar refractivity (Wildman–Crippen MR) is 78.8 cm³/mol. The maximum absolute atomic E-state index is 12.2. The number of carbonyl (C=O) groups is 1. The van der Waals surface area contributed by atoms with Gasteiger partial charge in [0.2, 0.25) is 0 Å². The van der Waals surface area contributed by atoms with E-state index >= 15 is 0 Å². The summed E-state index contributed by atoms with van der Waals surface area (Å²) in [4.78, 5) is 18.0. The van der Waals surface area contributed by atoms with Crippen LogP contribution in [0.4, 0.5) is 10.6 Å². The molecule has 20 heavy (non-hydrogen) atoms. The Morgan fingerprint density at radius 2 is 2.30 bits per heavy atom. The van der Waals surface area contributed by atoms with Crippen molar-refractivity contribution < 1.29 is 9.53 Å². The second kappa shape index (κ2) is 5.87. The maximum Gasteiger partial charge on any atom is 0.411 e. The lowest BCUT2D eigenvalue weighted by Gasteiger charge is -2.29. The van der Waals surface area contributed by atoms with Crippen molar-refractivity contribution in [2.75, 3.05) is 11.9 Å². The minimum absolute atomic E-state index is 0.128. The van der Waals surface area contributed by atoms with Crippen molar-refractivity contribution in [2.24, 2.45) is 0 Å². The van der Waals surface area contributed by atoms with Gasteiger partial charge in [-0.2, -0.15) is 0 Å². The lowest BCUT2D eigenvalue weighted by Crippen LogP contribution is -2.43. The number of hydrogen-bond donors (Lipinski definition) is 1.